The van der Waals surface area contributed by atoms with E-state index in [0.29, 0.717) is 5.56 Å². The molecule has 0 saturated carbocycles. The Morgan fingerprint density at radius 3 is 1.92 bits per heavy atom. The molecule has 0 N–H and O–H groups in total. The van der Waals surface area contributed by atoms with E-state index in [1.165, 1.54) is 10.9 Å². The van der Waals surface area contributed by atoms with Gasteiger partial charge in [-0.2, -0.15) is 5.26 Å². The number of imidazole rings is 1. The Morgan fingerprint density at radius 1 is 0.541 bits per heavy atom. The first kappa shape index (κ1) is 21.1. The third-order valence-electron chi connectivity index (χ3n) is 7.05. The van der Waals surface area contributed by atoms with Crippen LogP contribution in [0.15, 0.2) is 127 Å². The van der Waals surface area contributed by atoms with Crippen molar-refractivity contribution < 1.29 is 0 Å². The Bertz CT molecular complexity index is 1960. The van der Waals surface area contributed by atoms with Gasteiger partial charge in [0.05, 0.1) is 28.2 Å². The molecule has 37 heavy (non-hydrogen) atoms. The first-order valence-electron chi connectivity index (χ1n) is 12.3. The summed E-state index contributed by atoms with van der Waals surface area (Å²) in [6.07, 6.45) is 0. The number of hydrogen-bond donors (Lipinski definition) is 0. The topological polar surface area (TPSA) is 41.1 Å². The summed E-state index contributed by atoms with van der Waals surface area (Å²) in [6.45, 7) is 0. The second-order valence-electron chi connectivity index (χ2n) is 9.19. The molecule has 2 heterocycles. The van der Waals surface area contributed by atoms with Crippen molar-refractivity contribution in [1.82, 2.24) is 9.38 Å². The second kappa shape index (κ2) is 8.48. The van der Waals surface area contributed by atoms with Gasteiger partial charge in [-0.05, 0) is 58.0 Å². The van der Waals surface area contributed by atoms with Gasteiger partial charge in [0, 0.05) is 11.1 Å². The molecule has 3 heteroatoms. The summed E-state index contributed by atoms with van der Waals surface area (Å²) < 4.78 is 2.29. The molecule has 5 aromatic carbocycles. The van der Waals surface area contributed by atoms with Crippen LogP contribution in [0, 0.1) is 11.3 Å². The van der Waals surface area contributed by atoms with Crippen LogP contribution in [0.3, 0.4) is 0 Å². The van der Waals surface area contributed by atoms with Crippen molar-refractivity contribution in [2.75, 3.05) is 0 Å². The minimum absolute atomic E-state index is 0.667. The fourth-order valence-electron chi connectivity index (χ4n) is 5.21. The molecule has 0 atom stereocenters. The van der Waals surface area contributed by atoms with Crippen LogP contribution in [0.25, 0.3) is 61.0 Å². The lowest BCUT2D eigenvalue weighted by Gasteiger charge is -2.11. The zero-order valence-electron chi connectivity index (χ0n) is 20.0. The fourth-order valence-corrected chi connectivity index (χ4v) is 5.21. The van der Waals surface area contributed by atoms with Crippen LogP contribution in [0.4, 0.5) is 0 Å². The normalized spacial score (nSPS) is 11.2. The van der Waals surface area contributed by atoms with Gasteiger partial charge in [0.1, 0.15) is 5.65 Å². The van der Waals surface area contributed by atoms with Gasteiger partial charge in [-0.3, -0.25) is 4.40 Å². The average Bonchev–Trinajstić information content (AvgIpc) is 3.38. The third-order valence-corrected chi connectivity index (χ3v) is 7.05. The van der Waals surface area contributed by atoms with Crippen molar-refractivity contribution in [2.24, 2.45) is 0 Å². The van der Waals surface area contributed by atoms with Crippen molar-refractivity contribution in [1.29, 1.82) is 5.26 Å². The van der Waals surface area contributed by atoms with Crippen LogP contribution in [0.5, 0.6) is 0 Å². The molecule has 3 nitrogen and oxygen atoms in total. The van der Waals surface area contributed by atoms with Gasteiger partial charge in [0.2, 0.25) is 0 Å². The highest BCUT2D eigenvalue weighted by Gasteiger charge is 2.17. The predicted octanol–water partition coefficient (Wildman–Crippen LogP) is 8.51. The van der Waals surface area contributed by atoms with Crippen molar-refractivity contribution in [2.45, 2.75) is 0 Å². The maximum absolute atomic E-state index is 9.09. The summed E-state index contributed by atoms with van der Waals surface area (Å²) in [5, 5.41) is 10.3. The molecule has 0 aliphatic heterocycles. The number of rotatable bonds is 3. The monoisotopic (exact) mass is 471 g/mol. The molecule has 0 aliphatic rings. The Morgan fingerprint density at radius 2 is 1.16 bits per heavy atom. The van der Waals surface area contributed by atoms with Crippen molar-refractivity contribution in [3.8, 4) is 39.4 Å². The molecule has 2 aromatic heterocycles. The average molecular weight is 472 g/mol. The molecule has 0 spiro atoms. The van der Waals surface area contributed by atoms with E-state index in [-0.39, 0.29) is 0 Å². The number of fused-ring (bicyclic) bond motifs is 5. The first-order valence-corrected chi connectivity index (χ1v) is 12.3. The zero-order valence-corrected chi connectivity index (χ0v) is 20.0. The number of nitrogens with zero attached hydrogens (tertiary/aromatic N) is 3. The van der Waals surface area contributed by atoms with Gasteiger partial charge in [-0.25, -0.2) is 4.98 Å². The Kier molecular flexibility index (Phi) is 4.84. The molecule has 7 rings (SSSR count). The minimum atomic E-state index is 0.667. The highest BCUT2D eigenvalue weighted by Crippen LogP contribution is 2.38. The van der Waals surface area contributed by atoms with E-state index in [9.17, 15) is 0 Å². The van der Waals surface area contributed by atoms with Gasteiger partial charge >= 0.3 is 0 Å². The number of benzene rings is 5. The van der Waals surface area contributed by atoms with E-state index in [1.54, 1.807) is 0 Å². The molecular formula is C34H21N3. The van der Waals surface area contributed by atoms with Crippen molar-refractivity contribution in [3.63, 3.8) is 0 Å². The summed E-state index contributed by atoms with van der Waals surface area (Å²) in [7, 11) is 0. The quantitative estimate of drug-likeness (QED) is 0.259. The van der Waals surface area contributed by atoms with Gasteiger partial charge < -0.3 is 0 Å². The van der Waals surface area contributed by atoms with Gasteiger partial charge in [0.25, 0.3) is 0 Å². The maximum Gasteiger partial charge on any atom is 0.138 e. The molecule has 0 bridgehead atoms. The predicted molar refractivity (Wildman–Crippen MR) is 151 cm³/mol. The van der Waals surface area contributed by atoms with Crippen LogP contribution in [0.2, 0.25) is 0 Å². The molecule has 172 valence electrons. The van der Waals surface area contributed by atoms with Gasteiger partial charge in [0.15, 0.2) is 0 Å². The molecule has 0 radical (unpaired) electrons. The lowest BCUT2D eigenvalue weighted by molar-refractivity contribution is 1.30. The van der Waals surface area contributed by atoms with Crippen LogP contribution in [0.1, 0.15) is 5.56 Å². The molecule has 0 saturated heterocycles. The zero-order chi connectivity index (χ0) is 24.8. The highest BCUT2D eigenvalue weighted by atomic mass is 15.0. The van der Waals surface area contributed by atoms with Gasteiger partial charge in [-0.1, -0.05) is 97.1 Å². The third kappa shape index (κ3) is 3.47. The van der Waals surface area contributed by atoms with Crippen LogP contribution in [-0.2, 0) is 0 Å². The Balaban J connectivity index is 1.46. The second-order valence-corrected chi connectivity index (χ2v) is 9.19. The first-order chi connectivity index (χ1) is 18.3. The van der Waals surface area contributed by atoms with E-state index >= 15 is 0 Å². The molecule has 0 fully saturated rings. The maximum atomic E-state index is 9.09. The summed E-state index contributed by atoms with van der Waals surface area (Å²) in [4.78, 5) is 5.16. The van der Waals surface area contributed by atoms with Crippen LogP contribution < -0.4 is 0 Å². The minimum Gasteiger partial charge on any atom is -0.292 e. The van der Waals surface area contributed by atoms with E-state index < -0.39 is 0 Å². The van der Waals surface area contributed by atoms with E-state index in [2.05, 4.69) is 108 Å². The lowest BCUT2D eigenvalue weighted by atomic mass is 9.96. The summed E-state index contributed by atoms with van der Waals surface area (Å²) in [5.74, 6) is 0. The number of para-hydroxylation sites is 1. The number of nitriles is 1. The van der Waals surface area contributed by atoms with Gasteiger partial charge in [-0.15, -0.1) is 0 Å². The number of pyridine rings is 1. The van der Waals surface area contributed by atoms with E-state index in [1.807, 2.05) is 30.3 Å². The van der Waals surface area contributed by atoms with E-state index in [0.717, 1.165) is 50.0 Å². The SMILES string of the molecule is N#Cc1ccc(-c2ccc(-c3ccc(-c4ccccc4)c4c3nc3ccc5ccccc5n34)cc2)cc1. The smallest absolute Gasteiger partial charge is 0.138 e. The standard InChI is InChI=1S/C34H21N3/c35-22-23-10-12-24(13-11-23)25-14-16-27(17-15-25)29-19-20-30(26-6-2-1-3-7-26)34-33(29)36-32-21-18-28-8-4-5-9-31(28)37(32)34/h1-21H. The van der Waals surface area contributed by atoms with Crippen LogP contribution >= 0.6 is 0 Å². The van der Waals surface area contributed by atoms with E-state index in [4.69, 9.17) is 10.2 Å². The Labute approximate surface area is 214 Å². The molecular weight excluding hydrogens is 450 g/mol. The number of aromatic nitrogens is 2. The molecule has 0 amide bonds. The Hall–Kier alpha value is -5.20. The molecule has 0 aliphatic carbocycles. The summed E-state index contributed by atoms with van der Waals surface area (Å²) >= 11 is 0. The van der Waals surface area contributed by atoms with Crippen LogP contribution in [-0.4, -0.2) is 9.38 Å². The molecule has 7 aromatic rings. The largest absolute Gasteiger partial charge is 0.292 e. The summed E-state index contributed by atoms with van der Waals surface area (Å²) in [5.41, 5.74) is 11.6. The summed E-state index contributed by atoms with van der Waals surface area (Å²) in [6, 6.07) is 46.1. The van der Waals surface area contributed by atoms with Crippen molar-refractivity contribution in [3.05, 3.63) is 133 Å². The number of hydrogen-bond acceptors (Lipinski definition) is 2. The van der Waals surface area contributed by atoms with Crippen molar-refractivity contribution >= 4 is 27.6 Å². The molecule has 0 unspecified atom stereocenters. The fraction of sp³-hybridized carbons (Fsp3) is 0. The lowest BCUT2D eigenvalue weighted by Crippen LogP contribution is -1.91. The highest BCUT2D eigenvalue weighted by molar-refractivity contribution is 6.05.